The van der Waals surface area contributed by atoms with Gasteiger partial charge in [0.1, 0.15) is 5.82 Å². The summed E-state index contributed by atoms with van der Waals surface area (Å²) in [6.45, 7) is -0.523. The highest BCUT2D eigenvalue weighted by Crippen LogP contribution is 2.32. The van der Waals surface area contributed by atoms with E-state index in [1.54, 1.807) is 24.3 Å². The molecule has 2 aromatic carbocycles. The van der Waals surface area contributed by atoms with Crippen LogP contribution in [0.25, 0.3) is 0 Å². The summed E-state index contributed by atoms with van der Waals surface area (Å²) in [4.78, 5) is 11.8. The topological polar surface area (TPSA) is 41.1 Å². The Morgan fingerprint density at radius 2 is 1.83 bits per heavy atom. The quantitative estimate of drug-likeness (QED) is 0.784. The molecule has 0 saturated carbocycles. The van der Waals surface area contributed by atoms with Gasteiger partial charge in [0.15, 0.2) is 0 Å². The summed E-state index contributed by atoms with van der Waals surface area (Å²) in [5, 5.41) is 5.55. The van der Waals surface area contributed by atoms with Crippen LogP contribution < -0.4 is 10.6 Å². The molecule has 2 aromatic rings. The van der Waals surface area contributed by atoms with E-state index in [-0.39, 0.29) is 18.7 Å². The molecule has 0 atom stereocenters. The minimum atomic E-state index is -4.70. The van der Waals surface area contributed by atoms with Crippen molar-refractivity contribution in [2.75, 3.05) is 11.9 Å². The third-order valence-corrected chi connectivity index (χ3v) is 3.50. The van der Waals surface area contributed by atoms with Gasteiger partial charge < -0.3 is 10.6 Å². The summed E-state index contributed by atoms with van der Waals surface area (Å²) >= 11 is 5.91. The summed E-state index contributed by atoms with van der Waals surface area (Å²) in [6.07, 6.45) is -4.70. The van der Waals surface area contributed by atoms with Crippen LogP contribution in [0.2, 0.25) is 5.02 Å². The van der Waals surface area contributed by atoms with E-state index in [2.05, 4.69) is 10.6 Å². The zero-order valence-electron chi connectivity index (χ0n) is 12.3. The monoisotopic (exact) mass is 360 g/mol. The van der Waals surface area contributed by atoms with Gasteiger partial charge in [0.25, 0.3) is 0 Å². The minimum Gasteiger partial charge on any atom is -0.375 e. The van der Waals surface area contributed by atoms with Crippen molar-refractivity contribution in [2.24, 2.45) is 0 Å². The lowest BCUT2D eigenvalue weighted by Crippen LogP contribution is -2.30. The smallest absolute Gasteiger partial charge is 0.375 e. The molecule has 0 aliphatic heterocycles. The van der Waals surface area contributed by atoms with Crippen molar-refractivity contribution in [3.8, 4) is 0 Å². The average molecular weight is 361 g/mol. The van der Waals surface area contributed by atoms with Crippen molar-refractivity contribution < 1.29 is 22.4 Å². The third-order valence-electron chi connectivity index (χ3n) is 3.17. The minimum absolute atomic E-state index is 0.160. The number of benzene rings is 2. The fourth-order valence-corrected chi connectivity index (χ4v) is 2.21. The van der Waals surface area contributed by atoms with E-state index in [0.717, 1.165) is 12.1 Å². The number of nitrogens with one attached hydrogen (secondary N) is 2. The average Bonchev–Trinajstić information content (AvgIpc) is 2.52. The Bertz CT molecular complexity index is 734. The van der Waals surface area contributed by atoms with Crippen molar-refractivity contribution in [2.45, 2.75) is 12.7 Å². The maximum absolute atomic E-state index is 13.0. The van der Waals surface area contributed by atoms with Crippen LogP contribution >= 0.6 is 11.6 Å². The van der Waals surface area contributed by atoms with Crippen LogP contribution in [0.15, 0.2) is 42.5 Å². The lowest BCUT2D eigenvalue weighted by Gasteiger charge is -2.14. The Morgan fingerprint density at radius 3 is 2.50 bits per heavy atom. The normalized spacial score (nSPS) is 11.2. The van der Waals surface area contributed by atoms with Crippen molar-refractivity contribution >= 4 is 23.2 Å². The number of hydrogen-bond donors (Lipinski definition) is 2. The van der Waals surface area contributed by atoms with Gasteiger partial charge in [-0.1, -0.05) is 29.8 Å². The molecule has 24 heavy (non-hydrogen) atoms. The lowest BCUT2D eigenvalue weighted by atomic mass is 10.1. The first-order valence-electron chi connectivity index (χ1n) is 6.88. The second-order valence-electron chi connectivity index (χ2n) is 4.91. The van der Waals surface area contributed by atoms with E-state index in [9.17, 15) is 22.4 Å². The molecule has 128 valence electrons. The Hall–Kier alpha value is -2.28. The first kappa shape index (κ1) is 18.1. The summed E-state index contributed by atoms with van der Waals surface area (Å²) in [5.74, 6) is -1.51. The molecule has 0 bridgehead atoms. The summed E-state index contributed by atoms with van der Waals surface area (Å²) in [5.41, 5.74) is -0.788. The molecule has 0 radical (unpaired) electrons. The van der Waals surface area contributed by atoms with Gasteiger partial charge in [-0.2, -0.15) is 13.2 Å². The zero-order valence-corrected chi connectivity index (χ0v) is 13.0. The molecule has 3 nitrogen and oxygen atoms in total. The van der Waals surface area contributed by atoms with E-state index in [1.807, 2.05) is 0 Å². The lowest BCUT2D eigenvalue weighted by molar-refractivity contribution is -0.138. The number of hydrogen-bond acceptors (Lipinski definition) is 2. The number of alkyl halides is 3. The van der Waals surface area contributed by atoms with Crippen LogP contribution in [0.4, 0.5) is 23.2 Å². The van der Waals surface area contributed by atoms with Gasteiger partial charge in [-0.05, 0) is 29.8 Å². The van der Waals surface area contributed by atoms with Crippen molar-refractivity contribution in [1.29, 1.82) is 0 Å². The van der Waals surface area contributed by atoms with E-state index >= 15 is 0 Å². The largest absolute Gasteiger partial charge is 0.416 e. The highest BCUT2D eigenvalue weighted by molar-refractivity contribution is 6.33. The molecule has 0 aromatic heterocycles. The molecule has 0 saturated heterocycles. The summed E-state index contributed by atoms with van der Waals surface area (Å²) < 4.78 is 51.6. The van der Waals surface area contributed by atoms with Crippen LogP contribution in [-0.2, 0) is 17.5 Å². The Morgan fingerprint density at radius 1 is 1.12 bits per heavy atom. The predicted molar refractivity (Wildman–Crippen MR) is 83.2 cm³/mol. The first-order valence-corrected chi connectivity index (χ1v) is 7.26. The Labute approximate surface area is 140 Å². The molecule has 0 aliphatic carbocycles. The first-order chi connectivity index (χ1) is 11.3. The van der Waals surface area contributed by atoms with Gasteiger partial charge in [0.2, 0.25) is 5.91 Å². The number of halogens is 5. The standard InChI is InChI=1S/C16H13ClF4N2O/c17-13-3-1-2-4-14(13)22-9-15(24)23-8-10-5-6-11(18)7-12(10)16(19,20)21/h1-7,22H,8-9H2,(H,23,24). The third kappa shape index (κ3) is 4.86. The molecule has 0 aliphatic rings. The van der Waals surface area contributed by atoms with Crippen molar-refractivity contribution in [3.63, 3.8) is 0 Å². The molecular formula is C16H13ClF4N2O. The van der Waals surface area contributed by atoms with Gasteiger partial charge >= 0.3 is 6.18 Å². The van der Waals surface area contributed by atoms with Crippen LogP contribution in [0.3, 0.4) is 0 Å². The number of amides is 1. The van der Waals surface area contributed by atoms with E-state index < -0.39 is 23.5 Å². The van der Waals surface area contributed by atoms with Gasteiger partial charge in [-0.25, -0.2) is 4.39 Å². The molecule has 1 amide bonds. The molecule has 2 rings (SSSR count). The second-order valence-corrected chi connectivity index (χ2v) is 5.32. The number of carbonyl (C=O) groups excluding carboxylic acids is 1. The predicted octanol–water partition coefficient (Wildman–Crippen LogP) is 4.23. The van der Waals surface area contributed by atoms with Crippen LogP contribution in [0.1, 0.15) is 11.1 Å². The molecular weight excluding hydrogens is 348 g/mol. The van der Waals surface area contributed by atoms with Gasteiger partial charge in [0, 0.05) is 6.54 Å². The highest BCUT2D eigenvalue weighted by Gasteiger charge is 2.33. The van der Waals surface area contributed by atoms with Crippen LogP contribution in [0, 0.1) is 5.82 Å². The van der Waals surface area contributed by atoms with Crippen molar-refractivity contribution in [1.82, 2.24) is 5.32 Å². The number of rotatable bonds is 5. The van der Waals surface area contributed by atoms with Gasteiger partial charge in [0.05, 0.1) is 22.8 Å². The number of carbonyl (C=O) groups is 1. The summed E-state index contributed by atoms with van der Waals surface area (Å²) in [6, 6.07) is 9.07. The van der Waals surface area contributed by atoms with E-state index in [1.165, 1.54) is 0 Å². The number of para-hydroxylation sites is 1. The Balaban J connectivity index is 1.96. The molecule has 0 spiro atoms. The fraction of sp³-hybridized carbons (Fsp3) is 0.188. The van der Waals surface area contributed by atoms with Crippen molar-refractivity contribution in [3.05, 3.63) is 64.4 Å². The molecule has 0 unspecified atom stereocenters. The Kier molecular flexibility index (Phi) is 5.66. The van der Waals surface area contributed by atoms with Gasteiger partial charge in [-0.3, -0.25) is 4.79 Å². The SMILES string of the molecule is O=C(CNc1ccccc1Cl)NCc1ccc(F)cc1C(F)(F)F. The summed E-state index contributed by atoms with van der Waals surface area (Å²) in [7, 11) is 0. The fourth-order valence-electron chi connectivity index (χ4n) is 2.00. The van der Waals surface area contributed by atoms with Crippen LogP contribution in [-0.4, -0.2) is 12.5 Å². The second kappa shape index (κ2) is 7.53. The van der Waals surface area contributed by atoms with Crippen LogP contribution in [0.5, 0.6) is 0 Å². The maximum atomic E-state index is 13.0. The molecule has 8 heteroatoms. The van der Waals surface area contributed by atoms with E-state index in [4.69, 9.17) is 11.6 Å². The maximum Gasteiger partial charge on any atom is 0.416 e. The zero-order chi connectivity index (χ0) is 17.7. The number of anilines is 1. The molecule has 0 heterocycles. The molecule has 2 N–H and O–H groups in total. The molecule has 0 fully saturated rings. The van der Waals surface area contributed by atoms with Gasteiger partial charge in [-0.15, -0.1) is 0 Å². The highest BCUT2D eigenvalue weighted by atomic mass is 35.5. The van der Waals surface area contributed by atoms with E-state index in [0.29, 0.717) is 16.8 Å².